The first-order valence-electron chi connectivity index (χ1n) is 4.74. The molecule has 0 spiro atoms. The van der Waals surface area contributed by atoms with Crippen molar-refractivity contribution in [2.75, 3.05) is 13.2 Å². The Morgan fingerprint density at radius 1 is 1.33 bits per heavy atom. The van der Waals surface area contributed by atoms with E-state index in [-0.39, 0.29) is 0 Å². The van der Waals surface area contributed by atoms with Crippen LogP contribution in [-0.2, 0) is 9.57 Å². The van der Waals surface area contributed by atoms with Gasteiger partial charge in [-0.25, -0.2) is 0 Å². The van der Waals surface area contributed by atoms with Gasteiger partial charge in [0.05, 0.1) is 12.3 Å². The number of rotatable bonds is 3. The van der Waals surface area contributed by atoms with Crippen LogP contribution in [0.25, 0.3) is 0 Å². The molecule has 2 fully saturated rings. The van der Waals surface area contributed by atoms with Crippen molar-refractivity contribution >= 4 is 5.71 Å². The van der Waals surface area contributed by atoms with Crippen molar-refractivity contribution in [2.24, 2.45) is 5.16 Å². The lowest BCUT2D eigenvalue weighted by Gasteiger charge is -2.11. The number of epoxide rings is 1. The van der Waals surface area contributed by atoms with Gasteiger partial charge in [0.15, 0.2) is 0 Å². The highest BCUT2D eigenvalue weighted by Crippen LogP contribution is 2.15. The van der Waals surface area contributed by atoms with Gasteiger partial charge in [0.1, 0.15) is 12.7 Å². The van der Waals surface area contributed by atoms with Gasteiger partial charge in [-0.15, -0.1) is 0 Å². The van der Waals surface area contributed by atoms with E-state index < -0.39 is 0 Å². The van der Waals surface area contributed by atoms with Gasteiger partial charge in [0, 0.05) is 0 Å². The highest BCUT2D eigenvalue weighted by molar-refractivity contribution is 5.84. The number of ether oxygens (including phenoxy) is 1. The molecule has 12 heavy (non-hydrogen) atoms. The van der Waals surface area contributed by atoms with Crippen LogP contribution in [-0.4, -0.2) is 25.0 Å². The van der Waals surface area contributed by atoms with Crippen LogP contribution in [0.3, 0.4) is 0 Å². The molecule has 2 rings (SSSR count). The zero-order chi connectivity index (χ0) is 8.23. The summed E-state index contributed by atoms with van der Waals surface area (Å²) >= 11 is 0. The Labute approximate surface area is 72.7 Å². The number of nitrogens with zero attached hydrogens (tertiary/aromatic N) is 1. The highest BCUT2D eigenvalue weighted by atomic mass is 16.7. The summed E-state index contributed by atoms with van der Waals surface area (Å²) in [7, 11) is 0. The Kier molecular flexibility index (Phi) is 2.61. The van der Waals surface area contributed by atoms with E-state index in [4.69, 9.17) is 9.57 Å². The highest BCUT2D eigenvalue weighted by Gasteiger charge is 2.23. The lowest BCUT2D eigenvalue weighted by Crippen LogP contribution is -2.06. The molecule has 1 saturated carbocycles. The number of hydrogen-bond donors (Lipinski definition) is 0. The van der Waals surface area contributed by atoms with Crippen LogP contribution in [0.5, 0.6) is 0 Å². The predicted molar refractivity (Wildman–Crippen MR) is 46.2 cm³/mol. The average molecular weight is 169 g/mol. The molecular weight excluding hydrogens is 154 g/mol. The Hall–Kier alpha value is -0.570. The molecule has 1 unspecified atom stereocenters. The molecule has 1 atom stereocenters. The van der Waals surface area contributed by atoms with Crippen molar-refractivity contribution in [3.05, 3.63) is 0 Å². The maximum Gasteiger partial charge on any atom is 0.145 e. The molecule has 0 aromatic carbocycles. The SMILES string of the molecule is C1CCC(=NOCC2CO2)CC1. The Morgan fingerprint density at radius 2 is 2.08 bits per heavy atom. The monoisotopic (exact) mass is 169 g/mol. The first kappa shape index (κ1) is 8.05. The zero-order valence-corrected chi connectivity index (χ0v) is 7.29. The van der Waals surface area contributed by atoms with Gasteiger partial charge in [-0.05, 0) is 25.7 Å². The summed E-state index contributed by atoms with van der Waals surface area (Å²) in [5.41, 5.74) is 1.24. The minimum atomic E-state index is 0.331. The van der Waals surface area contributed by atoms with Crippen molar-refractivity contribution in [2.45, 2.75) is 38.2 Å². The fourth-order valence-corrected chi connectivity index (χ4v) is 1.43. The summed E-state index contributed by atoms with van der Waals surface area (Å²) in [6.45, 7) is 1.49. The molecule has 3 nitrogen and oxygen atoms in total. The van der Waals surface area contributed by atoms with Gasteiger partial charge in [0.2, 0.25) is 0 Å². The summed E-state index contributed by atoms with van der Waals surface area (Å²) in [6, 6.07) is 0. The second-order valence-electron chi connectivity index (χ2n) is 3.47. The van der Waals surface area contributed by atoms with E-state index in [9.17, 15) is 0 Å². The molecular formula is C9H15NO2. The minimum absolute atomic E-state index is 0.331. The predicted octanol–water partition coefficient (Wildman–Crippen LogP) is 1.72. The smallest absolute Gasteiger partial charge is 0.145 e. The Morgan fingerprint density at radius 3 is 2.75 bits per heavy atom. The Balaban J connectivity index is 1.65. The van der Waals surface area contributed by atoms with Crippen LogP contribution in [0, 0.1) is 0 Å². The van der Waals surface area contributed by atoms with Crippen molar-refractivity contribution < 1.29 is 9.57 Å². The molecule has 0 N–H and O–H groups in total. The summed E-state index contributed by atoms with van der Waals surface area (Å²) < 4.78 is 5.00. The van der Waals surface area contributed by atoms with E-state index in [0.717, 1.165) is 19.4 Å². The molecule has 1 heterocycles. The first-order valence-corrected chi connectivity index (χ1v) is 4.74. The fraction of sp³-hybridized carbons (Fsp3) is 0.889. The molecule has 68 valence electrons. The van der Waals surface area contributed by atoms with Crippen molar-refractivity contribution in [1.29, 1.82) is 0 Å². The fourth-order valence-electron chi connectivity index (χ4n) is 1.43. The van der Waals surface area contributed by atoms with Crippen LogP contribution < -0.4 is 0 Å². The average Bonchev–Trinajstić information content (AvgIpc) is 2.90. The van der Waals surface area contributed by atoms with Gasteiger partial charge in [0.25, 0.3) is 0 Å². The van der Waals surface area contributed by atoms with E-state index in [1.54, 1.807) is 0 Å². The minimum Gasteiger partial charge on any atom is -0.393 e. The van der Waals surface area contributed by atoms with Crippen LogP contribution >= 0.6 is 0 Å². The maximum atomic E-state index is 5.16. The molecule has 0 radical (unpaired) electrons. The van der Waals surface area contributed by atoms with E-state index in [1.165, 1.54) is 25.0 Å². The molecule has 0 amide bonds. The molecule has 3 heteroatoms. The normalized spacial score (nSPS) is 28.3. The van der Waals surface area contributed by atoms with Crippen molar-refractivity contribution in [3.63, 3.8) is 0 Å². The second kappa shape index (κ2) is 3.90. The van der Waals surface area contributed by atoms with Crippen molar-refractivity contribution in [1.82, 2.24) is 0 Å². The Bertz CT molecular complexity index is 167. The third kappa shape index (κ3) is 2.48. The molecule has 1 saturated heterocycles. The van der Waals surface area contributed by atoms with Crippen LogP contribution in [0.15, 0.2) is 5.16 Å². The van der Waals surface area contributed by atoms with E-state index in [1.807, 2.05) is 0 Å². The molecule has 1 aliphatic heterocycles. The molecule has 0 aromatic rings. The molecule has 1 aliphatic carbocycles. The maximum absolute atomic E-state index is 5.16. The molecule has 0 bridgehead atoms. The number of hydrogen-bond acceptors (Lipinski definition) is 3. The van der Waals surface area contributed by atoms with Gasteiger partial charge >= 0.3 is 0 Å². The van der Waals surface area contributed by atoms with E-state index >= 15 is 0 Å². The van der Waals surface area contributed by atoms with Gasteiger partial charge < -0.3 is 9.57 Å². The van der Waals surface area contributed by atoms with Gasteiger partial charge in [-0.3, -0.25) is 0 Å². The third-order valence-corrected chi connectivity index (χ3v) is 2.29. The van der Waals surface area contributed by atoms with E-state index in [2.05, 4.69) is 5.16 Å². The molecule has 0 aromatic heterocycles. The summed E-state index contributed by atoms with van der Waals surface area (Å²) in [4.78, 5) is 5.16. The summed E-state index contributed by atoms with van der Waals surface area (Å²) in [5, 5.41) is 4.10. The standard InChI is InChI=1S/C9H15NO2/c1-2-4-8(5-3-1)10-12-7-9-6-11-9/h9H,1-7H2. The van der Waals surface area contributed by atoms with Crippen LogP contribution in [0.4, 0.5) is 0 Å². The van der Waals surface area contributed by atoms with Crippen molar-refractivity contribution in [3.8, 4) is 0 Å². The van der Waals surface area contributed by atoms with E-state index in [0.29, 0.717) is 12.7 Å². The zero-order valence-electron chi connectivity index (χ0n) is 7.29. The summed E-state index contributed by atoms with van der Waals surface area (Å²) in [5.74, 6) is 0. The lowest BCUT2D eigenvalue weighted by molar-refractivity contribution is 0.123. The lowest BCUT2D eigenvalue weighted by atomic mass is 9.99. The quantitative estimate of drug-likeness (QED) is 0.476. The third-order valence-electron chi connectivity index (χ3n) is 2.29. The van der Waals surface area contributed by atoms with Crippen LogP contribution in [0.1, 0.15) is 32.1 Å². The van der Waals surface area contributed by atoms with Gasteiger partial charge in [-0.2, -0.15) is 0 Å². The largest absolute Gasteiger partial charge is 0.393 e. The first-order chi connectivity index (χ1) is 5.95. The van der Waals surface area contributed by atoms with Crippen LogP contribution in [0.2, 0.25) is 0 Å². The topological polar surface area (TPSA) is 34.1 Å². The van der Waals surface area contributed by atoms with Gasteiger partial charge in [-0.1, -0.05) is 11.6 Å². The second-order valence-corrected chi connectivity index (χ2v) is 3.47. The number of oxime groups is 1. The molecule has 2 aliphatic rings. The summed E-state index contributed by atoms with van der Waals surface area (Å²) in [6.07, 6.45) is 6.50.